The second-order valence-corrected chi connectivity index (χ2v) is 13.8. The van der Waals surface area contributed by atoms with E-state index in [1.165, 1.54) is 11.8 Å². The Balaban J connectivity index is 1.62. The fourth-order valence-corrected chi connectivity index (χ4v) is 6.35. The van der Waals surface area contributed by atoms with E-state index in [2.05, 4.69) is 38.5 Å². The largest absolute Gasteiger partial charge is 0.489 e. The van der Waals surface area contributed by atoms with E-state index < -0.39 is 15.1 Å². The summed E-state index contributed by atoms with van der Waals surface area (Å²) in [6.45, 7) is 11.3. The lowest BCUT2D eigenvalue weighted by Crippen LogP contribution is -2.34. The van der Waals surface area contributed by atoms with Gasteiger partial charge in [-0.25, -0.2) is 17.8 Å². The summed E-state index contributed by atoms with van der Waals surface area (Å²) >= 11 is 6.43. The maximum absolute atomic E-state index is 12.9. The summed E-state index contributed by atoms with van der Waals surface area (Å²) in [5.74, 6) is 1.61. The molecule has 0 spiro atoms. The zero-order valence-corrected chi connectivity index (χ0v) is 25.8. The Morgan fingerprint density at radius 2 is 1.80 bits per heavy atom. The third kappa shape index (κ3) is 7.47. The topological polar surface area (TPSA) is 96.5 Å². The molecular formula is C30H39ClFN5O3S. The molecule has 8 nitrogen and oxygen atoms in total. The van der Waals surface area contributed by atoms with Gasteiger partial charge in [-0.2, -0.15) is 4.98 Å². The molecule has 1 aromatic heterocycles. The summed E-state index contributed by atoms with van der Waals surface area (Å²) in [7, 11) is -3.54. The summed E-state index contributed by atoms with van der Waals surface area (Å²) < 4.78 is 44.9. The van der Waals surface area contributed by atoms with Crippen LogP contribution in [0.15, 0.2) is 47.5 Å². The molecule has 4 rings (SSSR count). The molecule has 11 heteroatoms. The minimum Gasteiger partial charge on any atom is -0.489 e. The summed E-state index contributed by atoms with van der Waals surface area (Å²) in [5.41, 5.74) is 3.45. The number of aromatic nitrogens is 2. The lowest BCUT2D eigenvalue weighted by Gasteiger charge is -2.32. The highest BCUT2D eigenvalue weighted by molar-refractivity contribution is 7.92. The van der Waals surface area contributed by atoms with Gasteiger partial charge in [0.2, 0.25) is 5.95 Å². The molecule has 1 fully saturated rings. The van der Waals surface area contributed by atoms with Crippen LogP contribution in [-0.2, 0) is 9.84 Å². The number of hydrogen-bond acceptors (Lipinski definition) is 8. The van der Waals surface area contributed by atoms with Gasteiger partial charge in [-0.15, -0.1) is 0 Å². The molecule has 1 aliphatic rings. The van der Waals surface area contributed by atoms with Gasteiger partial charge in [0.15, 0.2) is 15.7 Å². The first kappa shape index (κ1) is 31.0. The van der Waals surface area contributed by atoms with Crippen LogP contribution in [0.2, 0.25) is 5.02 Å². The van der Waals surface area contributed by atoms with Gasteiger partial charge in [0, 0.05) is 6.54 Å². The molecule has 1 saturated heterocycles. The first-order valence-corrected chi connectivity index (χ1v) is 15.9. The van der Waals surface area contributed by atoms with Gasteiger partial charge < -0.3 is 20.3 Å². The first-order chi connectivity index (χ1) is 19.5. The van der Waals surface area contributed by atoms with Crippen LogP contribution in [0.4, 0.5) is 27.5 Å². The van der Waals surface area contributed by atoms with Gasteiger partial charge in [0.05, 0.1) is 33.8 Å². The number of nitrogens with one attached hydrogen (secondary N) is 2. The van der Waals surface area contributed by atoms with E-state index in [1.807, 2.05) is 19.9 Å². The number of piperidine rings is 1. The molecule has 0 aliphatic carbocycles. The number of benzene rings is 2. The van der Waals surface area contributed by atoms with Crippen LogP contribution in [0.25, 0.3) is 0 Å². The number of rotatable bonds is 11. The number of halogens is 2. The highest BCUT2D eigenvalue weighted by atomic mass is 35.5. The fraction of sp³-hybridized carbons (Fsp3) is 0.467. The average molecular weight is 603 g/mol. The van der Waals surface area contributed by atoms with Crippen molar-refractivity contribution in [1.29, 1.82) is 0 Å². The number of alkyl halides is 1. The third-order valence-electron chi connectivity index (χ3n) is 7.22. The molecule has 222 valence electrons. The van der Waals surface area contributed by atoms with Crippen LogP contribution >= 0.6 is 11.6 Å². The molecule has 2 N–H and O–H groups in total. The minimum atomic E-state index is -3.54. The van der Waals surface area contributed by atoms with Crippen molar-refractivity contribution < 1.29 is 17.5 Å². The predicted octanol–water partition coefficient (Wildman–Crippen LogP) is 7.04. The zero-order valence-electron chi connectivity index (χ0n) is 24.2. The molecule has 0 amide bonds. The number of para-hydroxylation sites is 1. The summed E-state index contributed by atoms with van der Waals surface area (Å²) in [4.78, 5) is 11.3. The molecule has 1 aliphatic heterocycles. The van der Waals surface area contributed by atoms with Crippen molar-refractivity contribution in [2.24, 2.45) is 0 Å². The Bertz CT molecular complexity index is 1460. The Kier molecular flexibility index (Phi) is 10.1. The van der Waals surface area contributed by atoms with Crippen LogP contribution in [0.5, 0.6) is 5.75 Å². The van der Waals surface area contributed by atoms with Gasteiger partial charge in [0.25, 0.3) is 0 Å². The maximum atomic E-state index is 12.9. The van der Waals surface area contributed by atoms with E-state index in [9.17, 15) is 12.8 Å². The quantitative estimate of drug-likeness (QED) is 0.241. The molecule has 41 heavy (non-hydrogen) atoms. The Hall–Kier alpha value is -2.95. The van der Waals surface area contributed by atoms with Gasteiger partial charge in [-0.1, -0.05) is 23.7 Å². The molecule has 0 saturated carbocycles. The predicted molar refractivity (Wildman–Crippen MR) is 164 cm³/mol. The normalized spacial score (nSPS) is 15.0. The van der Waals surface area contributed by atoms with E-state index >= 15 is 0 Å². The van der Waals surface area contributed by atoms with Crippen molar-refractivity contribution in [3.05, 3.63) is 58.7 Å². The van der Waals surface area contributed by atoms with Crippen LogP contribution < -0.4 is 15.4 Å². The number of hydrogen-bond donors (Lipinski definition) is 2. The highest BCUT2D eigenvalue weighted by Crippen LogP contribution is 2.38. The standard InChI is InChI=1S/C30H39ClFN5O3S/c1-19(2)40-27-17-23(22-10-13-37(14-11-22)15-12-32)21(5)16-26(27)35-30-33-18-24(31)29(36-30)34-25-8-6-7-9-28(25)41(38,39)20(3)4/h6-9,16-20,22H,10-15H2,1-5H3,(H2,33,34,35,36)/i32-1. The van der Waals surface area contributed by atoms with E-state index in [-0.39, 0.29) is 34.5 Å². The zero-order chi connectivity index (χ0) is 29.7. The van der Waals surface area contributed by atoms with Crippen LogP contribution in [-0.4, -0.2) is 60.9 Å². The van der Waals surface area contributed by atoms with Crippen molar-refractivity contribution in [2.75, 3.05) is 36.9 Å². The molecule has 0 atom stereocenters. The van der Waals surface area contributed by atoms with Crippen molar-refractivity contribution in [3.8, 4) is 5.75 Å². The smallest absolute Gasteiger partial charge is 0.229 e. The van der Waals surface area contributed by atoms with Crippen LogP contribution in [0.1, 0.15) is 57.6 Å². The van der Waals surface area contributed by atoms with Crippen molar-refractivity contribution in [2.45, 2.75) is 69.6 Å². The van der Waals surface area contributed by atoms with Gasteiger partial charge in [0.1, 0.15) is 17.4 Å². The number of aryl methyl sites for hydroxylation is 1. The lowest BCUT2D eigenvalue weighted by atomic mass is 9.86. The second kappa shape index (κ2) is 13.4. The average Bonchev–Trinajstić information content (AvgIpc) is 2.92. The highest BCUT2D eigenvalue weighted by Gasteiger charge is 2.25. The first-order valence-electron chi connectivity index (χ1n) is 14.0. The fourth-order valence-electron chi connectivity index (χ4n) is 5.01. The lowest BCUT2D eigenvalue weighted by molar-refractivity contribution is 0.196. The van der Waals surface area contributed by atoms with E-state index in [4.69, 9.17) is 16.3 Å². The third-order valence-corrected chi connectivity index (χ3v) is 9.70. The molecular weight excluding hydrogens is 564 g/mol. The van der Waals surface area contributed by atoms with Crippen molar-refractivity contribution >= 4 is 44.6 Å². The monoisotopic (exact) mass is 602 g/mol. The minimum absolute atomic E-state index is 0.0553. The van der Waals surface area contributed by atoms with Gasteiger partial charge in [-0.3, -0.25) is 0 Å². The second-order valence-electron chi connectivity index (χ2n) is 10.9. The Morgan fingerprint density at radius 3 is 2.46 bits per heavy atom. The van der Waals surface area contributed by atoms with E-state index in [0.717, 1.165) is 31.5 Å². The summed E-state index contributed by atoms with van der Waals surface area (Å²) in [5, 5.41) is 6.03. The van der Waals surface area contributed by atoms with Gasteiger partial charge >= 0.3 is 0 Å². The van der Waals surface area contributed by atoms with Crippen LogP contribution in [0, 0.1) is 6.92 Å². The maximum Gasteiger partial charge on any atom is 0.229 e. The number of ether oxygens (including phenoxy) is 1. The summed E-state index contributed by atoms with van der Waals surface area (Å²) in [6, 6.07) is 10.8. The van der Waals surface area contributed by atoms with Crippen LogP contribution in [0.3, 0.4) is 0 Å². The molecule has 0 unspecified atom stereocenters. The summed E-state index contributed by atoms with van der Waals surface area (Å²) in [6.07, 6.45) is 3.35. The number of sulfone groups is 1. The van der Waals surface area contributed by atoms with E-state index in [1.54, 1.807) is 38.1 Å². The van der Waals surface area contributed by atoms with Crippen molar-refractivity contribution in [1.82, 2.24) is 14.9 Å². The van der Waals surface area contributed by atoms with E-state index in [0.29, 0.717) is 29.6 Å². The molecule has 0 bridgehead atoms. The molecule has 0 radical (unpaired) electrons. The molecule has 2 aromatic carbocycles. The van der Waals surface area contributed by atoms with Gasteiger partial charge in [-0.05, 0) is 102 Å². The Labute approximate surface area is 247 Å². The number of nitrogens with zero attached hydrogens (tertiary/aromatic N) is 3. The van der Waals surface area contributed by atoms with Crippen molar-refractivity contribution in [3.63, 3.8) is 0 Å². The SMILES string of the molecule is Cc1cc(Nc2ncc(Cl)c(Nc3ccccc3S(=O)(=O)C(C)C)n2)c(OC(C)C)cc1C1CCN(CC[18F])CC1. The molecule has 2 heterocycles. The Morgan fingerprint density at radius 1 is 1.10 bits per heavy atom. The molecule has 3 aromatic rings. The number of anilines is 4. The number of likely N-dealkylation sites (tertiary alicyclic amines) is 1.